The molecule has 0 amide bonds. The van der Waals surface area contributed by atoms with Crippen LogP contribution in [0.3, 0.4) is 0 Å². The largest absolute Gasteiger partial charge is 0.341 e. The van der Waals surface area contributed by atoms with Crippen LogP contribution in [0.15, 0.2) is 77.9 Å². The van der Waals surface area contributed by atoms with Crippen molar-refractivity contribution >= 4 is 47.0 Å². The Bertz CT molecular complexity index is 1490. The van der Waals surface area contributed by atoms with E-state index in [1.807, 2.05) is 37.3 Å². The summed E-state index contributed by atoms with van der Waals surface area (Å²) in [7, 11) is 0. The molecule has 0 saturated carbocycles. The summed E-state index contributed by atoms with van der Waals surface area (Å²) in [6.07, 6.45) is 4.54. The first-order chi connectivity index (χ1) is 19.4. The Balaban J connectivity index is 1.33. The first-order valence-corrected chi connectivity index (χ1v) is 13.4. The van der Waals surface area contributed by atoms with Crippen molar-refractivity contribution in [2.45, 2.75) is 26.2 Å². The van der Waals surface area contributed by atoms with E-state index in [9.17, 15) is 10.1 Å². The zero-order valence-corrected chi connectivity index (χ0v) is 22.8. The van der Waals surface area contributed by atoms with Gasteiger partial charge in [-0.05, 0) is 55.9 Å². The molecule has 1 fully saturated rings. The minimum absolute atomic E-state index is 0.0754. The minimum Gasteiger partial charge on any atom is -0.341 e. The lowest BCUT2D eigenvalue weighted by Gasteiger charge is -2.32. The Hall–Kier alpha value is -4.57. The molecular weight excluding hydrogens is 528 g/mol. The number of aromatic nitrogens is 3. The monoisotopic (exact) mass is 556 g/mol. The lowest BCUT2D eigenvalue weighted by atomic mass is 9.90. The van der Waals surface area contributed by atoms with Gasteiger partial charge >= 0.3 is 0 Å². The second-order valence-corrected chi connectivity index (χ2v) is 10.1. The van der Waals surface area contributed by atoms with Gasteiger partial charge in [-0.2, -0.15) is 20.1 Å². The van der Waals surface area contributed by atoms with Gasteiger partial charge in [-0.15, -0.1) is 0 Å². The Morgan fingerprint density at radius 2 is 1.75 bits per heavy atom. The molecule has 4 aromatic rings. The van der Waals surface area contributed by atoms with Gasteiger partial charge in [0.15, 0.2) is 0 Å². The van der Waals surface area contributed by atoms with Crippen LogP contribution in [0.1, 0.15) is 29.5 Å². The molecule has 0 bridgehead atoms. The van der Waals surface area contributed by atoms with E-state index < -0.39 is 4.92 Å². The van der Waals surface area contributed by atoms with E-state index in [1.165, 1.54) is 30.0 Å². The van der Waals surface area contributed by atoms with Gasteiger partial charge in [-0.1, -0.05) is 59.6 Å². The highest BCUT2D eigenvalue weighted by molar-refractivity contribution is 6.33. The van der Waals surface area contributed by atoms with Gasteiger partial charge in [0.05, 0.1) is 11.1 Å². The van der Waals surface area contributed by atoms with Crippen molar-refractivity contribution in [3.05, 3.63) is 105 Å². The highest BCUT2D eigenvalue weighted by atomic mass is 35.5. The van der Waals surface area contributed by atoms with Crippen molar-refractivity contribution in [1.82, 2.24) is 15.0 Å². The van der Waals surface area contributed by atoms with Crippen LogP contribution in [-0.2, 0) is 6.42 Å². The molecule has 0 radical (unpaired) electrons. The van der Waals surface area contributed by atoms with E-state index in [-0.39, 0.29) is 11.6 Å². The second kappa shape index (κ2) is 12.5. The Kier molecular flexibility index (Phi) is 8.46. The van der Waals surface area contributed by atoms with Gasteiger partial charge in [-0.3, -0.25) is 10.1 Å². The summed E-state index contributed by atoms with van der Waals surface area (Å²) in [5, 5.41) is 18.9. The first kappa shape index (κ1) is 27.0. The number of nitrogens with one attached hydrogen (secondary N) is 2. The normalized spacial score (nSPS) is 13.9. The Morgan fingerprint density at radius 3 is 2.48 bits per heavy atom. The number of nitro benzene ring substituents is 1. The molecule has 3 aromatic carbocycles. The number of rotatable bonds is 9. The molecule has 1 aliphatic rings. The number of aryl methyl sites for hydroxylation is 1. The van der Waals surface area contributed by atoms with Crippen LogP contribution in [0.25, 0.3) is 0 Å². The molecule has 40 heavy (non-hydrogen) atoms. The van der Waals surface area contributed by atoms with E-state index in [2.05, 4.69) is 55.0 Å². The second-order valence-electron chi connectivity index (χ2n) is 9.73. The molecule has 5 rings (SSSR count). The number of nitrogens with zero attached hydrogens (tertiary/aromatic N) is 6. The summed E-state index contributed by atoms with van der Waals surface area (Å²) in [6, 6.07) is 22.7. The molecular formula is C29H29ClN8O2. The van der Waals surface area contributed by atoms with Gasteiger partial charge in [0.2, 0.25) is 17.8 Å². The summed E-state index contributed by atoms with van der Waals surface area (Å²) in [4.78, 5) is 26.6. The van der Waals surface area contributed by atoms with Crippen LogP contribution in [0.4, 0.5) is 29.2 Å². The molecule has 11 heteroatoms. The van der Waals surface area contributed by atoms with Gasteiger partial charge < -0.3 is 10.2 Å². The average Bonchev–Trinajstić information content (AvgIpc) is 2.96. The summed E-state index contributed by atoms with van der Waals surface area (Å²) in [5.74, 6) is 1.77. The lowest BCUT2D eigenvalue weighted by molar-refractivity contribution is -0.384. The number of hydrogen-bond acceptors (Lipinski definition) is 9. The number of hydrogen-bond donors (Lipinski definition) is 2. The van der Waals surface area contributed by atoms with Crippen LogP contribution >= 0.6 is 11.6 Å². The molecule has 2 heterocycles. The standard InChI is InChI=1S/C29H29ClN8O2/c1-20-7-9-24(10-8-20)32-27-33-28(36-31-19-23-18-25(38(39)40)11-12-26(23)30)35-29(34-27)37-15-13-22(14-16-37)17-21-5-3-2-4-6-21/h2-12,18-19,22H,13-17H2,1H3,(H2,32,33,34,35,36). The molecule has 0 aliphatic carbocycles. The van der Waals surface area contributed by atoms with E-state index in [4.69, 9.17) is 16.6 Å². The van der Waals surface area contributed by atoms with E-state index in [0.29, 0.717) is 28.4 Å². The Morgan fingerprint density at radius 1 is 1.02 bits per heavy atom. The fraction of sp³-hybridized carbons (Fsp3) is 0.241. The molecule has 1 aromatic heterocycles. The van der Waals surface area contributed by atoms with Crippen LogP contribution in [-0.4, -0.2) is 39.2 Å². The molecule has 0 unspecified atom stereocenters. The molecule has 10 nitrogen and oxygen atoms in total. The molecule has 2 N–H and O–H groups in total. The zero-order valence-electron chi connectivity index (χ0n) is 22.0. The lowest BCUT2D eigenvalue weighted by Crippen LogP contribution is -2.35. The maximum Gasteiger partial charge on any atom is 0.270 e. The Labute approximate surface area is 237 Å². The third-order valence-corrected chi connectivity index (χ3v) is 7.10. The van der Waals surface area contributed by atoms with Gasteiger partial charge in [0.1, 0.15) is 0 Å². The van der Waals surface area contributed by atoms with Crippen molar-refractivity contribution < 1.29 is 4.92 Å². The maximum absolute atomic E-state index is 11.1. The van der Waals surface area contributed by atoms with Gasteiger partial charge in [-0.25, -0.2) is 5.43 Å². The summed E-state index contributed by atoms with van der Waals surface area (Å²) in [6.45, 7) is 3.69. The van der Waals surface area contributed by atoms with E-state index in [0.717, 1.165) is 43.6 Å². The fourth-order valence-corrected chi connectivity index (χ4v) is 4.73. The fourth-order valence-electron chi connectivity index (χ4n) is 4.57. The predicted molar refractivity (Wildman–Crippen MR) is 159 cm³/mol. The van der Waals surface area contributed by atoms with Crippen molar-refractivity contribution in [3.63, 3.8) is 0 Å². The summed E-state index contributed by atoms with van der Waals surface area (Å²) >= 11 is 6.20. The quantitative estimate of drug-likeness (QED) is 0.138. The maximum atomic E-state index is 11.1. The van der Waals surface area contributed by atoms with E-state index in [1.54, 1.807) is 0 Å². The van der Waals surface area contributed by atoms with Crippen molar-refractivity contribution in [2.24, 2.45) is 11.0 Å². The average molecular weight is 557 g/mol. The van der Waals surface area contributed by atoms with Crippen LogP contribution < -0.4 is 15.6 Å². The SMILES string of the molecule is Cc1ccc(Nc2nc(NN=Cc3cc([N+](=O)[O-])ccc3Cl)nc(N3CCC(Cc4ccccc4)CC3)n2)cc1. The molecule has 0 atom stereocenters. The molecule has 1 saturated heterocycles. The number of hydrazone groups is 1. The highest BCUT2D eigenvalue weighted by Crippen LogP contribution is 2.26. The molecule has 204 valence electrons. The van der Waals surface area contributed by atoms with Crippen molar-refractivity contribution in [1.29, 1.82) is 0 Å². The number of anilines is 4. The molecule has 1 aliphatic heterocycles. The number of nitro groups is 1. The minimum atomic E-state index is -0.481. The number of benzene rings is 3. The molecule has 0 spiro atoms. The smallest absolute Gasteiger partial charge is 0.270 e. The summed E-state index contributed by atoms with van der Waals surface area (Å²) in [5.41, 5.74) is 6.52. The highest BCUT2D eigenvalue weighted by Gasteiger charge is 2.22. The van der Waals surface area contributed by atoms with Crippen LogP contribution in [0, 0.1) is 23.0 Å². The number of non-ortho nitro benzene ring substituents is 1. The third kappa shape index (κ3) is 7.09. The predicted octanol–water partition coefficient (Wildman–Crippen LogP) is 6.39. The number of halogens is 1. The van der Waals surface area contributed by atoms with Gasteiger partial charge in [0.25, 0.3) is 5.69 Å². The van der Waals surface area contributed by atoms with Gasteiger partial charge in [0, 0.05) is 41.5 Å². The van der Waals surface area contributed by atoms with Crippen molar-refractivity contribution in [2.75, 3.05) is 28.7 Å². The topological polar surface area (TPSA) is 121 Å². The zero-order chi connectivity index (χ0) is 27.9. The van der Waals surface area contributed by atoms with Crippen LogP contribution in [0.2, 0.25) is 5.02 Å². The van der Waals surface area contributed by atoms with Crippen LogP contribution in [0.5, 0.6) is 0 Å². The van der Waals surface area contributed by atoms with E-state index >= 15 is 0 Å². The summed E-state index contributed by atoms with van der Waals surface area (Å²) < 4.78 is 0. The first-order valence-electron chi connectivity index (χ1n) is 13.0. The number of piperidine rings is 1. The van der Waals surface area contributed by atoms with Crippen molar-refractivity contribution in [3.8, 4) is 0 Å². The third-order valence-electron chi connectivity index (χ3n) is 6.75.